The second kappa shape index (κ2) is 8.48. The molecule has 1 heterocycles. The van der Waals surface area contributed by atoms with Gasteiger partial charge in [-0.25, -0.2) is 0 Å². The number of hydrogen-bond donors (Lipinski definition) is 1. The van der Waals surface area contributed by atoms with Crippen molar-refractivity contribution in [2.75, 3.05) is 36.4 Å². The molecule has 0 bridgehead atoms. The summed E-state index contributed by atoms with van der Waals surface area (Å²) in [5.41, 5.74) is 1.77. The topological polar surface area (TPSA) is 95.8 Å². The van der Waals surface area contributed by atoms with Crippen LogP contribution in [0.4, 0.5) is 17.1 Å². The number of nitro groups is 1. The van der Waals surface area contributed by atoms with E-state index in [2.05, 4.69) is 10.2 Å². The maximum atomic E-state index is 12.6. The average Bonchev–Trinajstić information content (AvgIpc) is 2.68. The maximum Gasteiger partial charge on any atom is 0.273 e. The fraction of sp³-hybridized carbons (Fsp3) is 0.300. The second-order valence-corrected chi connectivity index (χ2v) is 7.23. The van der Waals surface area contributed by atoms with Crippen LogP contribution in [0.3, 0.4) is 0 Å². The van der Waals surface area contributed by atoms with E-state index in [4.69, 9.17) is 11.6 Å². The first-order valence-corrected chi connectivity index (χ1v) is 9.51. The lowest BCUT2D eigenvalue weighted by atomic mass is 10.1. The van der Waals surface area contributed by atoms with Crippen molar-refractivity contribution in [3.05, 3.63) is 62.7 Å². The molecule has 1 saturated heterocycles. The highest BCUT2D eigenvalue weighted by Gasteiger charge is 2.21. The molecule has 0 atom stereocenters. The van der Waals surface area contributed by atoms with Gasteiger partial charge in [-0.2, -0.15) is 0 Å². The first-order chi connectivity index (χ1) is 13.8. The summed E-state index contributed by atoms with van der Waals surface area (Å²) in [6.45, 7) is 5.73. The Morgan fingerprint density at radius 2 is 1.83 bits per heavy atom. The first-order valence-electron chi connectivity index (χ1n) is 9.13. The molecule has 0 saturated carbocycles. The van der Waals surface area contributed by atoms with Crippen molar-refractivity contribution in [2.45, 2.75) is 13.8 Å². The van der Waals surface area contributed by atoms with E-state index < -0.39 is 10.8 Å². The van der Waals surface area contributed by atoms with Crippen molar-refractivity contribution in [1.82, 2.24) is 4.90 Å². The Bertz CT molecular complexity index is 971. The molecule has 2 aromatic rings. The van der Waals surface area contributed by atoms with Gasteiger partial charge in [0.2, 0.25) is 5.91 Å². The Hall–Kier alpha value is -3.13. The van der Waals surface area contributed by atoms with Gasteiger partial charge in [0.25, 0.3) is 11.6 Å². The molecular formula is C20H21ClN4O4. The van der Waals surface area contributed by atoms with E-state index in [1.54, 1.807) is 36.9 Å². The van der Waals surface area contributed by atoms with E-state index in [9.17, 15) is 19.7 Å². The van der Waals surface area contributed by atoms with Gasteiger partial charge < -0.3 is 15.1 Å². The third-order valence-electron chi connectivity index (χ3n) is 5.02. The number of anilines is 2. The summed E-state index contributed by atoms with van der Waals surface area (Å²) in [6, 6.07) is 9.60. The van der Waals surface area contributed by atoms with Crippen LogP contribution >= 0.6 is 11.6 Å². The number of benzene rings is 2. The van der Waals surface area contributed by atoms with Crippen LogP contribution in [0.15, 0.2) is 36.4 Å². The predicted molar refractivity (Wildman–Crippen MR) is 112 cm³/mol. The van der Waals surface area contributed by atoms with E-state index in [1.165, 1.54) is 12.1 Å². The van der Waals surface area contributed by atoms with Gasteiger partial charge in [-0.3, -0.25) is 19.7 Å². The molecule has 0 aliphatic carbocycles. The Morgan fingerprint density at radius 3 is 2.41 bits per heavy atom. The van der Waals surface area contributed by atoms with Gasteiger partial charge in [-0.15, -0.1) is 0 Å². The summed E-state index contributed by atoms with van der Waals surface area (Å²) in [6.07, 6.45) is 0. The zero-order valence-electron chi connectivity index (χ0n) is 16.1. The van der Waals surface area contributed by atoms with E-state index >= 15 is 0 Å². The van der Waals surface area contributed by atoms with E-state index in [0.29, 0.717) is 42.5 Å². The molecule has 0 unspecified atom stereocenters. The van der Waals surface area contributed by atoms with Crippen molar-refractivity contribution in [3.63, 3.8) is 0 Å². The summed E-state index contributed by atoms with van der Waals surface area (Å²) in [4.78, 5) is 38.5. The van der Waals surface area contributed by atoms with Gasteiger partial charge in [0.15, 0.2) is 0 Å². The Morgan fingerprint density at radius 1 is 1.14 bits per heavy atom. The van der Waals surface area contributed by atoms with Gasteiger partial charge in [-0.05, 0) is 31.2 Å². The van der Waals surface area contributed by atoms with Crippen molar-refractivity contribution in [1.29, 1.82) is 0 Å². The normalized spacial score (nSPS) is 13.9. The van der Waals surface area contributed by atoms with Crippen LogP contribution in [0.5, 0.6) is 0 Å². The fourth-order valence-electron chi connectivity index (χ4n) is 3.37. The molecule has 0 radical (unpaired) electrons. The SMILES string of the molecule is CC(=O)N1CCN(c2ccc(NC(=O)c3cccc([N+](=O)[O-])c3C)cc2Cl)CC1. The van der Waals surface area contributed by atoms with Crippen LogP contribution in [0.2, 0.25) is 5.02 Å². The molecule has 8 nitrogen and oxygen atoms in total. The fourth-order valence-corrected chi connectivity index (χ4v) is 3.67. The number of nitrogens with zero attached hydrogens (tertiary/aromatic N) is 3. The number of piperazine rings is 1. The minimum absolute atomic E-state index is 0.0604. The number of amides is 2. The van der Waals surface area contributed by atoms with Gasteiger partial charge in [-0.1, -0.05) is 17.7 Å². The summed E-state index contributed by atoms with van der Waals surface area (Å²) in [5, 5.41) is 14.3. The van der Waals surface area contributed by atoms with Crippen LogP contribution in [-0.2, 0) is 4.79 Å². The minimum atomic E-state index is -0.510. The van der Waals surface area contributed by atoms with Crippen molar-refractivity contribution < 1.29 is 14.5 Å². The molecule has 3 rings (SSSR count). The van der Waals surface area contributed by atoms with Crippen molar-refractivity contribution in [2.24, 2.45) is 0 Å². The number of rotatable bonds is 4. The van der Waals surface area contributed by atoms with Gasteiger partial charge in [0.1, 0.15) is 0 Å². The zero-order chi connectivity index (χ0) is 21.1. The number of carbonyl (C=O) groups excluding carboxylic acids is 2. The highest BCUT2D eigenvalue weighted by molar-refractivity contribution is 6.33. The first kappa shape index (κ1) is 20.6. The molecule has 1 aliphatic rings. The van der Waals surface area contributed by atoms with Gasteiger partial charge >= 0.3 is 0 Å². The largest absolute Gasteiger partial charge is 0.367 e. The van der Waals surface area contributed by atoms with Crippen LogP contribution in [-0.4, -0.2) is 47.8 Å². The highest BCUT2D eigenvalue weighted by Crippen LogP contribution is 2.30. The molecule has 9 heteroatoms. The number of nitrogens with one attached hydrogen (secondary N) is 1. The average molecular weight is 417 g/mol. The third-order valence-corrected chi connectivity index (χ3v) is 5.32. The maximum absolute atomic E-state index is 12.6. The van der Waals surface area contributed by atoms with Crippen LogP contribution in [0.25, 0.3) is 0 Å². The Labute approximate surface area is 173 Å². The van der Waals surface area contributed by atoms with Crippen LogP contribution < -0.4 is 10.2 Å². The lowest BCUT2D eigenvalue weighted by molar-refractivity contribution is -0.385. The number of halogens is 1. The van der Waals surface area contributed by atoms with E-state index in [1.807, 2.05) is 6.07 Å². The molecular weight excluding hydrogens is 396 g/mol. The molecule has 1 fully saturated rings. The highest BCUT2D eigenvalue weighted by atomic mass is 35.5. The lowest BCUT2D eigenvalue weighted by Crippen LogP contribution is -2.48. The molecule has 0 spiro atoms. The predicted octanol–water partition coefficient (Wildman–Crippen LogP) is 3.48. The van der Waals surface area contributed by atoms with E-state index in [-0.39, 0.29) is 17.2 Å². The molecule has 0 aromatic heterocycles. The minimum Gasteiger partial charge on any atom is -0.367 e. The molecule has 1 N–H and O–H groups in total. The van der Waals surface area contributed by atoms with Gasteiger partial charge in [0, 0.05) is 56.0 Å². The van der Waals surface area contributed by atoms with Crippen LogP contribution in [0.1, 0.15) is 22.8 Å². The monoisotopic (exact) mass is 416 g/mol. The number of hydrogen-bond acceptors (Lipinski definition) is 5. The number of nitro benzene ring substituents is 1. The van der Waals surface area contributed by atoms with Gasteiger partial charge in [0.05, 0.1) is 15.6 Å². The smallest absolute Gasteiger partial charge is 0.273 e. The third kappa shape index (κ3) is 4.48. The van der Waals surface area contributed by atoms with Crippen LogP contribution in [0, 0.1) is 17.0 Å². The Kier molecular flexibility index (Phi) is 6.03. The Balaban J connectivity index is 1.73. The molecule has 2 aromatic carbocycles. The number of carbonyl (C=O) groups is 2. The summed E-state index contributed by atoms with van der Waals surface area (Å²) >= 11 is 6.43. The lowest BCUT2D eigenvalue weighted by Gasteiger charge is -2.36. The second-order valence-electron chi connectivity index (χ2n) is 6.82. The molecule has 2 amide bonds. The van der Waals surface area contributed by atoms with Crippen molar-refractivity contribution >= 4 is 40.5 Å². The summed E-state index contributed by atoms with van der Waals surface area (Å²) in [7, 11) is 0. The quantitative estimate of drug-likeness (QED) is 0.608. The summed E-state index contributed by atoms with van der Waals surface area (Å²) < 4.78 is 0. The summed E-state index contributed by atoms with van der Waals surface area (Å²) in [5.74, 6) is -0.379. The molecule has 29 heavy (non-hydrogen) atoms. The van der Waals surface area contributed by atoms with E-state index in [0.717, 1.165) is 5.69 Å². The van der Waals surface area contributed by atoms with Crippen molar-refractivity contribution in [3.8, 4) is 0 Å². The zero-order valence-corrected chi connectivity index (χ0v) is 16.9. The molecule has 152 valence electrons. The molecule has 1 aliphatic heterocycles. The standard InChI is InChI=1S/C20H21ClN4O4/c1-13-16(4-3-5-18(13)25(28)29)20(27)22-15-6-7-19(17(21)12-15)24-10-8-23(9-11-24)14(2)26/h3-7,12H,8-11H2,1-2H3,(H,22,27).